The van der Waals surface area contributed by atoms with Gasteiger partial charge in [0.2, 0.25) is 26.0 Å². The van der Waals surface area contributed by atoms with Gasteiger partial charge in [-0.25, -0.2) is 21.6 Å². The molecule has 0 bridgehead atoms. The topological polar surface area (TPSA) is 125 Å². The van der Waals surface area contributed by atoms with Crippen LogP contribution in [0.3, 0.4) is 0 Å². The van der Waals surface area contributed by atoms with Crippen LogP contribution >= 0.6 is 0 Å². The molecular weight excluding hydrogens is 544 g/mol. The molecule has 2 amide bonds. The summed E-state index contributed by atoms with van der Waals surface area (Å²) in [5.74, 6) is -0.493. The Labute approximate surface area is 232 Å². The molecule has 0 aliphatic carbocycles. The van der Waals surface area contributed by atoms with E-state index in [0.29, 0.717) is 58.7 Å². The van der Waals surface area contributed by atoms with Crippen LogP contribution in [-0.2, 0) is 29.6 Å². The summed E-state index contributed by atoms with van der Waals surface area (Å²) in [6, 6.07) is 5.30. The Morgan fingerprint density at radius 3 is 2.03 bits per heavy atom. The Balaban J connectivity index is 1.34. The molecule has 1 aromatic carbocycles. The number of amides is 2. The quantitative estimate of drug-likeness (QED) is 0.481. The van der Waals surface area contributed by atoms with E-state index in [9.17, 15) is 26.4 Å². The normalized spacial score (nSPS) is 21.9. The fourth-order valence-corrected chi connectivity index (χ4v) is 8.59. The molecule has 218 valence electrons. The lowest BCUT2D eigenvalue weighted by Gasteiger charge is -2.60. The van der Waals surface area contributed by atoms with Crippen molar-refractivity contribution in [2.45, 2.75) is 62.9 Å². The van der Waals surface area contributed by atoms with Crippen molar-refractivity contribution in [2.75, 3.05) is 52.4 Å². The second-order valence-corrected chi connectivity index (χ2v) is 15.7. The predicted molar refractivity (Wildman–Crippen MR) is 145 cm³/mol. The van der Waals surface area contributed by atoms with E-state index in [0.717, 1.165) is 0 Å². The average molecular weight is 585 g/mol. The Morgan fingerprint density at radius 1 is 0.949 bits per heavy atom. The lowest BCUT2D eigenvalue weighted by atomic mass is 9.72. The maximum atomic E-state index is 13.4. The molecule has 3 saturated heterocycles. The fourth-order valence-electron chi connectivity index (χ4n) is 5.60. The molecule has 3 aliphatic heterocycles. The lowest BCUT2D eigenvalue weighted by molar-refractivity contribution is -0.162. The van der Waals surface area contributed by atoms with Crippen molar-refractivity contribution in [3.63, 3.8) is 0 Å². The van der Waals surface area contributed by atoms with Gasteiger partial charge in [0.05, 0.1) is 15.7 Å². The van der Waals surface area contributed by atoms with Gasteiger partial charge in [-0.1, -0.05) is 13.8 Å². The van der Waals surface area contributed by atoms with Gasteiger partial charge < -0.3 is 14.5 Å². The van der Waals surface area contributed by atoms with Gasteiger partial charge in [-0.3, -0.25) is 4.79 Å². The van der Waals surface area contributed by atoms with Gasteiger partial charge in [0.15, 0.2) is 0 Å². The first kappa shape index (κ1) is 29.8. The SMILES string of the molecule is CCN(CC)S(=O)(=O)c1ccc(S(=O)(=O)N2CCC[C@@H](C(=O)N3CC4(CN(C(=O)OC(C)(C)C)C4)C3)C2)cc1. The molecule has 1 spiro atoms. The second-order valence-electron chi connectivity index (χ2n) is 11.8. The second kappa shape index (κ2) is 10.6. The third-order valence-corrected chi connectivity index (χ3v) is 11.5. The summed E-state index contributed by atoms with van der Waals surface area (Å²) < 4.78 is 60.3. The van der Waals surface area contributed by atoms with Gasteiger partial charge in [-0.05, 0) is 57.9 Å². The van der Waals surface area contributed by atoms with Crippen LogP contribution in [0.15, 0.2) is 34.1 Å². The van der Waals surface area contributed by atoms with E-state index in [1.54, 1.807) is 23.6 Å². The first-order chi connectivity index (χ1) is 18.1. The molecule has 11 nitrogen and oxygen atoms in total. The number of nitrogens with zero attached hydrogens (tertiary/aromatic N) is 4. The van der Waals surface area contributed by atoms with Crippen molar-refractivity contribution in [1.82, 2.24) is 18.4 Å². The summed E-state index contributed by atoms with van der Waals surface area (Å²) >= 11 is 0. The number of ether oxygens (including phenoxy) is 1. The molecule has 1 aromatic rings. The van der Waals surface area contributed by atoms with Crippen LogP contribution in [-0.4, -0.2) is 105 Å². The summed E-state index contributed by atoms with van der Waals surface area (Å²) in [4.78, 5) is 28.9. The van der Waals surface area contributed by atoms with E-state index in [1.165, 1.54) is 32.9 Å². The van der Waals surface area contributed by atoms with E-state index >= 15 is 0 Å². The third-order valence-electron chi connectivity index (χ3n) is 7.61. The number of likely N-dealkylation sites (tertiary alicyclic amines) is 2. The molecule has 3 aliphatic rings. The Morgan fingerprint density at radius 2 is 1.49 bits per heavy atom. The molecule has 0 saturated carbocycles. The molecular formula is C26H40N4O7S2. The van der Waals surface area contributed by atoms with Crippen molar-refractivity contribution in [3.05, 3.63) is 24.3 Å². The number of carbonyl (C=O) groups excluding carboxylic acids is 2. The molecule has 3 heterocycles. The number of sulfonamides is 2. The molecule has 4 rings (SSSR count). The van der Waals surface area contributed by atoms with Gasteiger partial charge in [-0.2, -0.15) is 8.61 Å². The Hall–Kier alpha value is -2.22. The van der Waals surface area contributed by atoms with Crippen LogP contribution in [0.2, 0.25) is 0 Å². The van der Waals surface area contributed by atoms with Crippen LogP contribution in [0.1, 0.15) is 47.5 Å². The zero-order valence-corrected chi connectivity index (χ0v) is 25.1. The molecule has 13 heteroatoms. The monoisotopic (exact) mass is 584 g/mol. The van der Waals surface area contributed by atoms with E-state index in [2.05, 4.69) is 0 Å². The predicted octanol–water partition coefficient (Wildman–Crippen LogP) is 2.20. The highest BCUT2D eigenvalue weighted by Gasteiger charge is 2.56. The number of hydrogen-bond donors (Lipinski definition) is 0. The molecule has 0 radical (unpaired) electrons. The van der Waals surface area contributed by atoms with Gasteiger partial charge in [0.1, 0.15) is 5.60 Å². The van der Waals surface area contributed by atoms with Crippen molar-refractivity contribution in [3.8, 4) is 0 Å². The maximum Gasteiger partial charge on any atom is 0.410 e. The number of carbonyl (C=O) groups is 2. The van der Waals surface area contributed by atoms with Crippen LogP contribution in [0.4, 0.5) is 4.79 Å². The van der Waals surface area contributed by atoms with Crippen LogP contribution < -0.4 is 0 Å². The molecule has 0 unspecified atom stereocenters. The highest BCUT2D eigenvalue weighted by atomic mass is 32.2. The molecule has 0 N–H and O–H groups in total. The summed E-state index contributed by atoms with van der Waals surface area (Å²) in [5.41, 5.74) is -0.653. The molecule has 1 atom stereocenters. The minimum Gasteiger partial charge on any atom is -0.444 e. The highest BCUT2D eigenvalue weighted by molar-refractivity contribution is 7.89. The fraction of sp³-hybridized carbons (Fsp3) is 0.692. The summed E-state index contributed by atoms with van der Waals surface area (Å²) in [5, 5.41) is 0. The minimum absolute atomic E-state index is 0.00806. The number of benzene rings is 1. The van der Waals surface area contributed by atoms with Crippen LogP contribution in [0.5, 0.6) is 0 Å². The first-order valence-corrected chi connectivity index (χ1v) is 16.4. The van der Waals surface area contributed by atoms with Crippen molar-refractivity contribution in [1.29, 1.82) is 0 Å². The molecule has 0 aromatic heterocycles. The minimum atomic E-state index is -3.89. The van der Waals surface area contributed by atoms with Crippen LogP contribution in [0.25, 0.3) is 0 Å². The van der Waals surface area contributed by atoms with E-state index < -0.39 is 31.6 Å². The maximum absolute atomic E-state index is 13.4. The molecule has 3 fully saturated rings. The smallest absolute Gasteiger partial charge is 0.410 e. The van der Waals surface area contributed by atoms with Crippen LogP contribution in [0, 0.1) is 11.3 Å². The van der Waals surface area contributed by atoms with Crippen molar-refractivity contribution in [2.24, 2.45) is 11.3 Å². The van der Waals surface area contributed by atoms with Gasteiger partial charge in [0, 0.05) is 57.8 Å². The zero-order valence-electron chi connectivity index (χ0n) is 23.4. The van der Waals surface area contributed by atoms with Crippen molar-refractivity contribution >= 4 is 32.0 Å². The average Bonchev–Trinajstić information content (AvgIpc) is 2.82. The highest BCUT2D eigenvalue weighted by Crippen LogP contribution is 2.41. The summed E-state index contributed by atoms with van der Waals surface area (Å²) in [6.07, 6.45) is 0.833. The third kappa shape index (κ3) is 5.96. The number of hydrogen-bond acceptors (Lipinski definition) is 7. The van der Waals surface area contributed by atoms with Crippen molar-refractivity contribution < 1.29 is 31.2 Å². The van der Waals surface area contributed by atoms with E-state index in [1.807, 2.05) is 20.8 Å². The van der Waals surface area contributed by atoms with Gasteiger partial charge in [-0.15, -0.1) is 0 Å². The zero-order chi connectivity index (χ0) is 28.8. The van der Waals surface area contributed by atoms with Gasteiger partial charge >= 0.3 is 6.09 Å². The standard InChI is InChI=1S/C26H40N4O7S2/c1-6-29(7-2)38(33,34)21-10-12-22(13-11-21)39(35,36)30-14-8-9-20(15-30)23(31)27-16-26(17-27)18-28(19-26)24(32)37-25(3,4)5/h10-13,20H,6-9,14-19H2,1-5H3/t20-/m1/s1. The van der Waals surface area contributed by atoms with E-state index in [4.69, 9.17) is 4.74 Å². The Bertz CT molecular complexity index is 1290. The molecule has 39 heavy (non-hydrogen) atoms. The Kier molecular flexibility index (Phi) is 8.12. The first-order valence-electron chi connectivity index (χ1n) is 13.5. The largest absolute Gasteiger partial charge is 0.444 e. The van der Waals surface area contributed by atoms with E-state index in [-0.39, 0.29) is 33.8 Å². The van der Waals surface area contributed by atoms with Gasteiger partial charge in [0.25, 0.3) is 0 Å². The lowest BCUT2D eigenvalue weighted by Crippen LogP contribution is -2.74. The summed E-state index contributed by atoms with van der Waals surface area (Å²) in [7, 11) is -7.58. The summed E-state index contributed by atoms with van der Waals surface area (Å²) in [6.45, 7) is 12.2. The number of rotatable bonds is 7. The number of piperidine rings is 1.